The summed E-state index contributed by atoms with van der Waals surface area (Å²) in [4.78, 5) is 53.7. The topological polar surface area (TPSA) is 114 Å². The lowest BCUT2D eigenvalue weighted by Crippen LogP contribution is -2.54. The first-order valence-electron chi connectivity index (χ1n) is 13.2. The van der Waals surface area contributed by atoms with Crippen molar-refractivity contribution in [2.45, 2.75) is 91.0 Å². The predicted molar refractivity (Wildman–Crippen MR) is 144 cm³/mol. The van der Waals surface area contributed by atoms with Crippen LogP contribution in [-0.4, -0.2) is 59.6 Å². The van der Waals surface area contributed by atoms with Crippen molar-refractivity contribution in [3.63, 3.8) is 0 Å². The molecule has 1 aromatic rings. The number of amides is 3. The molecule has 0 aromatic heterocycles. The van der Waals surface area contributed by atoms with Crippen LogP contribution in [0.1, 0.15) is 84.4 Å². The van der Waals surface area contributed by atoms with Gasteiger partial charge in [-0.1, -0.05) is 38.0 Å². The Morgan fingerprint density at radius 3 is 2.37 bits per heavy atom. The van der Waals surface area contributed by atoms with Gasteiger partial charge in [-0.05, 0) is 64.5 Å². The van der Waals surface area contributed by atoms with Crippen LogP contribution in [0.2, 0.25) is 0 Å². The normalized spacial score (nSPS) is 14.6. The fraction of sp³-hybridized carbons (Fsp3) is 0.586. The molecular formula is C29H41N3O6. The maximum absolute atomic E-state index is 14.1. The monoisotopic (exact) mass is 527 g/mol. The maximum atomic E-state index is 14.1. The SMILES string of the molecule is C#Cc1ccccc1C(C(=O)NCCC(=O)OCC)N(C(=O)C(CC(C)C)NC(=O)OC(C)(C)C)C1CC1. The van der Waals surface area contributed by atoms with Crippen LogP contribution < -0.4 is 10.6 Å². The molecule has 3 amide bonds. The van der Waals surface area contributed by atoms with E-state index in [0.29, 0.717) is 17.5 Å². The number of nitrogens with zero attached hydrogens (tertiary/aromatic N) is 1. The Balaban J connectivity index is 2.43. The van der Waals surface area contributed by atoms with Gasteiger partial charge in [0.1, 0.15) is 17.7 Å². The highest BCUT2D eigenvalue weighted by atomic mass is 16.6. The largest absolute Gasteiger partial charge is 0.466 e. The lowest BCUT2D eigenvalue weighted by molar-refractivity contribution is -0.145. The summed E-state index contributed by atoms with van der Waals surface area (Å²) in [5.74, 6) is 1.42. The third kappa shape index (κ3) is 9.40. The van der Waals surface area contributed by atoms with Gasteiger partial charge in [0.25, 0.3) is 0 Å². The minimum absolute atomic E-state index is 0.00334. The van der Waals surface area contributed by atoms with Gasteiger partial charge in [-0.15, -0.1) is 6.42 Å². The number of rotatable bonds is 12. The number of esters is 1. The van der Waals surface area contributed by atoms with Crippen LogP contribution in [0, 0.1) is 18.3 Å². The van der Waals surface area contributed by atoms with E-state index in [0.717, 1.165) is 12.8 Å². The maximum Gasteiger partial charge on any atom is 0.408 e. The number of hydrogen-bond acceptors (Lipinski definition) is 6. The standard InChI is InChI=1S/C29H41N3O6/c1-8-20-12-10-11-13-22(20)25(26(34)30-17-16-24(33)37-9-2)32(21-14-15-21)27(35)23(18-19(3)4)31-28(36)38-29(5,6)7/h1,10-13,19,21,23,25H,9,14-18H2,2-7H3,(H,30,34)(H,31,36). The number of alkyl carbamates (subject to hydrolysis) is 1. The van der Waals surface area contributed by atoms with Crippen LogP contribution in [0.3, 0.4) is 0 Å². The van der Waals surface area contributed by atoms with E-state index in [1.807, 2.05) is 13.8 Å². The number of terminal acetylenes is 1. The molecule has 2 unspecified atom stereocenters. The van der Waals surface area contributed by atoms with E-state index in [9.17, 15) is 19.2 Å². The molecule has 1 aliphatic rings. The van der Waals surface area contributed by atoms with Gasteiger partial charge in [0.05, 0.1) is 13.0 Å². The Morgan fingerprint density at radius 2 is 1.82 bits per heavy atom. The first-order valence-corrected chi connectivity index (χ1v) is 13.2. The minimum atomic E-state index is -1.04. The van der Waals surface area contributed by atoms with E-state index in [2.05, 4.69) is 16.6 Å². The molecule has 2 atom stereocenters. The van der Waals surface area contributed by atoms with Crippen molar-refractivity contribution in [1.82, 2.24) is 15.5 Å². The summed E-state index contributed by atoms with van der Waals surface area (Å²) in [6.45, 7) is 11.1. The molecular weight excluding hydrogens is 486 g/mol. The smallest absolute Gasteiger partial charge is 0.408 e. The quantitative estimate of drug-likeness (QED) is 0.316. The van der Waals surface area contributed by atoms with Crippen LogP contribution in [0.5, 0.6) is 0 Å². The van der Waals surface area contributed by atoms with E-state index >= 15 is 0 Å². The molecule has 38 heavy (non-hydrogen) atoms. The zero-order valence-corrected chi connectivity index (χ0v) is 23.3. The second kappa shape index (κ2) is 13.8. The summed E-state index contributed by atoms with van der Waals surface area (Å²) < 4.78 is 10.4. The highest BCUT2D eigenvalue weighted by Gasteiger charge is 2.44. The van der Waals surface area contributed by atoms with Crippen molar-refractivity contribution in [3.05, 3.63) is 35.4 Å². The molecule has 1 fully saturated rings. The highest BCUT2D eigenvalue weighted by molar-refractivity contribution is 5.93. The van der Waals surface area contributed by atoms with Crippen LogP contribution in [0.4, 0.5) is 4.79 Å². The highest BCUT2D eigenvalue weighted by Crippen LogP contribution is 2.37. The second-order valence-corrected chi connectivity index (χ2v) is 10.8. The molecule has 9 nitrogen and oxygen atoms in total. The van der Waals surface area contributed by atoms with E-state index in [1.165, 1.54) is 0 Å². The molecule has 2 rings (SSSR count). The summed E-state index contributed by atoms with van der Waals surface area (Å²) in [7, 11) is 0. The number of carbonyl (C=O) groups is 4. The predicted octanol–water partition coefficient (Wildman–Crippen LogP) is 3.71. The summed E-state index contributed by atoms with van der Waals surface area (Å²) in [5, 5.41) is 5.51. The summed E-state index contributed by atoms with van der Waals surface area (Å²) in [5.41, 5.74) is 0.250. The van der Waals surface area contributed by atoms with E-state index < -0.39 is 35.7 Å². The average molecular weight is 528 g/mol. The van der Waals surface area contributed by atoms with E-state index in [-0.39, 0.29) is 37.4 Å². The van der Waals surface area contributed by atoms with Crippen LogP contribution >= 0.6 is 0 Å². The minimum Gasteiger partial charge on any atom is -0.466 e. The van der Waals surface area contributed by atoms with Gasteiger partial charge in [0.2, 0.25) is 11.8 Å². The number of nitrogens with one attached hydrogen (secondary N) is 2. The van der Waals surface area contributed by atoms with Gasteiger partial charge in [-0.25, -0.2) is 4.79 Å². The molecule has 1 aromatic carbocycles. The number of hydrogen-bond donors (Lipinski definition) is 2. The average Bonchev–Trinajstić information content (AvgIpc) is 3.65. The van der Waals surface area contributed by atoms with Crippen molar-refractivity contribution in [3.8, 4) is 12.3 Å². The van der Waals surface area contributed by atoms with Crippen molar-refractivity contribution in [2.24, 2.45) is 5.92 Å². The zero-order chi connectivity index (χ0) is 28.5. The van der Waals surface area contributed by atoms with Crippen molar-refractivity contribution < 1.29 is 28.7 Å². The van der Waals surface area contributed by atoms with Gasteiger partial charge in [-0.2, -0.15) is 0 Å². The van der Waals surface area contributed by atoms with Gasteiger partial charge in [0, 0.05) is 18.2 Å². The molecule has 0 heterocycles. The lowest BCUT2D eigenvalue weighted by atomic mass is 9.96. The third-order valence-electron chi connectivity index (χ3n) is 5.76. The molecule has 1 saturated carbocycles. The number of benzene rings is 1. The van der Waals surface area contributed by atoms with E-state index in [1.54, 1.807) is 56.9 Å². The molecule has 2 N–H and O–H groups in total. The molecule has 0 spiro atoms. The first-order chi connectivity index (χ1) is 17.9. The zero-order valence-electron chi connectivity index (χ0n) is 23.3. The molecule has 0 radical (unpaired) electrons. The molecule has 208 valence electrons. The van der Waals surface area contributed by atoms with Crippen molar-refractivity contribution >= 4 is 23.9 Å². The fourth-order valence-corrected chi connectivity index (χ4v) is 4.10. The van der Waals surface area contributed by atoms with E-state index in [4.69, 9.17) is 15.9 Å². The first kappa shape index (κ1) is 30.7. The van der Waals surface area contributed by atoms with Gasteiger partial charge >= 0.3 is 12.1 Å². The molecule has 9 heteroatoms. The Labute approximate surface area is 226 Å². The van der Waals surface area contributed by atoms with Crippen molar-refractivity contribution in [1.29, 1.82) is 0 Å². The van der Waals surface area contributed by atoms with Crippen LogP contribution in [0.25, 0.3) is 0 Å². The molecule has 1 aliphatic carbocycles. The molecule has 0 bridgehead atoms. The number of ether oxygens (including phenoxy) is 2. The van der Waals surface area contributed by atoms with Crippen molar-refractivity contribution in [2.75, 3.05) is 13.2 Å². The van der Waals surface area contributed by atoms with Gasteiger partial charge in [-0.3, -0.25) is 14.4 Å². The lowest BCUT2D eigenvalue weighted by Gasteiger charge is -2.35. The Kier molecular flexibility index (Phi) is 11.2. The summed E-state index contributed by atoms with van der Waals surface area (Å²) >= 11 is 0. The Hall–Kier alpha value is -3.54. The Bertz CT molecular complexity index is 1040. The van der Waals surface area contributed by atoms with Crippen LogP contribution in [-0.2, 0) is 23.9 Å². The van der Waals surface area contributed by atoms with Crippen LogP contribution in [0.15, 0.2) is 24.3 Å². The molecule has 0 aliphatic heterocycles. The van der Waals surface area contributed by atoms with Gasteiger partial charge in [0.15, 0.2) is 0 Å². The third-order valence-corrected chi connectivity index (χ3v) is 5.76. The second-order valence-electron chi connectivity index (χ2n) is 10.8. The molecule has 0 saturated heterocycles. The summed E-state index contributed by atoms with van der Waals surface area (Å²) in [6, 6.07) is 4.83. The summed E-state index contributed by atoms with van der Waals surface area (Å²) in [6.07, 6.45) is 6.85. The van der Waals surface area contributed by atoms with Gasteiger partial charge < -0.3 is 25.0 Å². The Morgan fingerprint density at radius 1 is 1.16 bits per heavy atom. The fourth-order valence-electron chi connectivity index (χ4n) is 4.10. The number of carbonyl (C=O) groups excluding carboxylic acids is 4.